The van der Waals surface area contributed by atoms with Crippen LogP contribution < -0.4 is 5.32 Å². The van der Waals surface area contributed by atoms with Gasteiger partial charge in [-0.2, -0.15) is 5.10 Å². The van der Waals surface area contributed by atoms with Crippen LogP contribution in [0, 0.1) is 6.92 Å². The van der Waals surface area contributed by atoms with E-state index < -0.39 is 0 Å². The summed E-state index contributed by atoms with van der Waals surface area (Å²) in [5.41, 5.74) is 3.01. The molecule has 0 spiro atoms. The Bertz CT molecular complexity index is 1050. The lowest BCUT2D eigenvalue weighted by Crippen LogP contribution is -2.39. The molecule has 1 saturated heterocycles. The number of carbonyl (C=O) groups excluding carboxylic acids is 2. The van der Waals surface area contributed by atoms with Crippen LogP contribution in [0.4, 0.5) is 0 Å². The molecule has 2 atom stereocenters. The Balaban J connectivity index is 1.61. The summed E-state index contributed by atoms with van der Waals surface area (Å²) < 4.78 is 0. The predicted octanol–water partition coefficient (Wildman–Crippen LogP) is 2.66. The Morgan fingerprint density at radius 2 is 2.00 bits per heavy atom. The van der Waals surface area contributed by atoms with Crippen LogP contribution in [0.1, 0.15) is 34.5 Å². The first kappa shape index (κ1) is 18.4. The van der Waals surface area contributed by atoms with E-state index in [9.17, 15) is 9.59 Å². The maximum atomic E-state index is 13.1. The van der Waals surface area contributed by atoms with Gasteiger partial charge in [-0.25, -0.2) is 4.98 Å². The van der Waals surface area contributed by atoms with Gasteiger partial charge >= 0.3 is 0 Å². The number of aromatic amines is 1. The Labute approximate surface area is 167 Å². The van der Waals surface area contributed by atoms with E-state index in [1.807, 2.05) is 37.3 Å². The van der Waals surface area contributed by atoms with Crippen LogP contribution in [0.2, 0.25) is 5.02 Å². The molecule has 0 unspecified atom stereocenters. The Kier molecular flexibility index (Phi) is 4.77. The predicted molar refractivity (Wildman–Crippen MR) is 106 cm³/mol. The van der Waals surface area contributed by atoms with Crippen LogP contribution in [0.25, 0.3) is 11.0 Å². The number of pyridine rings is 1. The van der Waals surface area contributed by atoms with Crippen molar-refractivity contribution in [3.05, 3.63) is 58.4 Å². The van der Waals surface area contributed by atoms with Crippen molar-refractivity contribution in [2.45, 2.75) is 25.8 Å². The summed E-state index contributed by atoms with van der Waals surface area (Å²) in [6, 6.07) is 9.19. The molecule has 28 heavy (non-hydrogen) atoms. The standard InChI is InChI=1S/C20H20ClN5O2/c1-11-16-7-14(8-22-19(16)25-24-11)20(28)26-9-17(18(10-26)23-12(2)27)13-3-5-15(21)6-4-13/h3-8,17-18H,9-10H2,1-2H3,(H,23,27)(H,22,24,25)/t17-,18+/m0/s1. The van der Waals surface area contributed by atoms with Gasteiger partial charge in [0.15, 0.2) is 5.65 Å². The zero-order valence-electron chi connectivity index (χ0n) is 15.6. The topological polar surface area (TPSA) is 91.0 Å². The molecule has 0 bridgehead atoms. The summed E-state index contributed by atoms with van der Waals surface area (Å²) in [6.45, 7) is 4.30. The molecule has 2 amide bonds. The van der Waals surface area contributed by atoms with Gasteiger partial charge in [-0.1, -0.05) is 23.7 Å². The first-order valence-corrected chi connectivity index (χ1v) is 9.42. The van der Waals surface area contributed by atoms with Gasteiger partial charge in [0.2, 0.25) is 5.91 Å². The number of nitrogens with one attached hydrogen (secondary N) is 2. The summed E-state index contributed by atoms with van der Waals surface area (Å²) in [7, 11) is 0. The van der Waals surface area contributed by atoms with Crippen molar-refractivity contribution in [2.24, 2.45) is 0 Å². The minimum atomic E-state index is -0.157. The highest BCUT2D eigenvalue weighted by molar-refractivity contribution is 6.30. The number of rotatable bonds is 3. The molecule has 2 aromatic heterocycles. The molecule has 1 aromatic carbocycles. The van der Waals surface area contributed by atoms with Crippen molar-refractivity contribution < 1.29 is 9.59 Å². The molecule has 4 rings (SSSR count). The third-order valence-corrected chi connectivity index (χ3v) is 5.40. The van der Waals surface area contributed by atoms with Crippen molar-refractivity contribution in [2.75, 3.05) is 13.1 Å². The van der Waals surface area contributed by atoms with Gasteiger partial charge in [0, 0.05) is 42.5 Å². The number of hydrogen-bond acceptors (Lipinski definition) is 4. The number of carbonyl (C=O) groups is 2. The summed E-state index contributed by atoms with van der Waals surface area (Å²) in [6.07, 6.45) is 1.56. The fourth-order valence-electron chi connectivity index (χ4n) is 3.75. The average Bonchev–Trinajstić information content (AvgIpc) is 3.25. The first-order chi connectivity index (χ1) is 13.4. The molecule has 144 valence electrons. The smallest absolute Gasteiger partial charge is 0.255 e. The van der Waals surface area contributed by atoms with Crippen molar-refractivity contribution in [3.8, 4) is 0 Å². The van der Waals surface area contributed by atoms with Crippen LogP contribution in [-0.2, 0) is 4.79 Å². The molecule has 1 aliphatic heterocycles. The van der Waals surface area contributed by atoms with Crippen LogP contribution in [-0.4, -0.2) is 51.0 Å². The monoisotopic (exact) mass is 397 g/mol. The number of aromatic nitrogens is 3. The summed E-state index contributed by atoms with van der Waals surface area (Å²) in [5.74, 6) is -0.227. The first-order valence-electron chi connectivity index (χ1n) is 9.05. The van der Waals surface area contributed by atoms with Crippen LogP contribution in [0.15, 0.2) is 36.5 Å². The van der Waals surface area contributed by atoms with E-state index in [-0.39, 0.29) is 23.8 Å². The molecule has 2 N–H and O–H groups in total. The van der Waals surface area contributed by atoms with E-state index in [0.29, 0.717) is 29.3 Å². The molecule has 7 nitrogen and oxygen atoms in total. The van der Waals surface area contributed by atoms with E-state index in [1.54, 1.807) is 11.1 Å². The molecule has 8 heteroatoms. The van der Waals surface area contributed by atoms with Gasteiger partial charge in [-0.3, -0.25) is 14.7 Å². The lowest BCUT2D eigenvalue weighted by molar-refractivity contribution is -0.119. The van der Waals surface area contributed by atoms with Crippen molar-refractivity contribution in [1.29, 1.82) is 0 Å². The highest BCUT2D eigenvalue weighted by Gasteiger charge is 2.37. The fourth-order valence-corrected chi connectivity index (χ4v) is 3.88. The highest BCUT2D eigenvalue weighted by Crippen LogP contribution is 2.30. The van der Waals surface area contributed by atoms with Gasteiger partial charge < -0.3 is 10.2 Å². The Morgan fingerprint density at radius 1 is 1.25 bits per heavy atom. The largest absolute Gasteiger partial charge is 0.351 e. The molecule has 0 aliphatic carbocycles. The third-order valence-electron chi connectivity index (χ3n) is 5.15. The Hall–Kier alpha value is -2.93. The van der Waals surface area contributed by atoms with E-state index >= 15 is 0 Å². The number of halogens is 1. The molecular formula is C20H20ClN5O2. The number of aryl methyl sites for hydroxylation is 1. The second-order valence-electron chi connectivity index (χ2n) is 7.10. The van der Waals surface area contributed by atoms with Crippen molar-refractivity contribution in [1.82, 2.24) is 25.4 Å². The number of amides is 2. The van der Waals surface area contributed by atoms with E-state index in [0.717, 1.165) is 16.6 Å². The summed E-state index contributed by atoms with van der Waals surface area (Å²) >= 11 is 6.00. The molecule has 3 heterocycles. The second kappa shape index (κ2) is 7.24. The number of nitrogens with zero attached hydrogens (tertiary/aromatic N) is 3. The maximum Gasteiger partial charge on any atom is 0.255 e. The lowest BCUT2D eigenvalue weighted by atomic mass is 9.94. The van der Waals surface area contributed by atoms with Crippen LogP contribution >= 0.6 is 11.6 Å². The summed E-state index contributed by atoms with van der Waals surface area (Å²) in [5, 5.41) is 11.4. The quantitative estimate of drug-likeness (QED) is 0.710. The molecule has 0 radical (unpaired) electrons. The molecule has 3 aromatic rings. The highest BCUT2D eigenvalue weighted by atomic mass is 35.5. The zero-order valence-corrected chi connectivity index (χ0v) is 16.3. The average molecular weight is 398 g/mol. The van der Waals surface area contributed by atoms with Crippen molar-refractivity contribution in [3.63, 3.8) is 0 Å². The number of fused-ring (bicyclic) bond motifs is 1. The molecule has 0 saturated carbocycles. The maximum absolute atomic E-state index is 13.1. The minimum Gasteiger partial charge on any atom is -0.351 e. The van der Waals surface area contributed by atoms with E-state index in [2.05, 4.69) is 20.5 Å². The number of benzene rings is 1. The number of likely N-dealkylation sites (tertiary alicyclic amines) is 1. The van der Waals surface area contributed by atoms with Gasteiger partial charge in [-0.05, 0) is 30.7 Å². The van der Waals surface area contributed by atoms with Crippen LogP contribution in [0.5, 0.6) is 0 Å². The normalized spacial score (nSPS) is 19.2. The van der Waals surface area contributed by atoms with E-state index in [1.165, 1.54) is 6.92 Å². The SMILES string of the molecule is CC(=O)N[C@@H]1CN(C(=O)c2cnc3[nH]nc(C)c3c2)C[C@H]1c1ccc(Cl)cc1. The molecule has 1 fully saturated rings. The van der Waals surface area contributed by atoms with Gasteiger partial charge in [0.1, 0.15) is 0 Å². The Morgan fingerprint density at radius 3 is 2.71 bits per heavy atom. The summed E-state index contributed by atoms with van der Waals surface area (Å²) in [4.78, 5) is 30.8. The number of H-pyrrole nitrogens is 1. The fraction of sp³-hybridized carbons (Fsp3) is 0.300. The number of hydrogen-bond donors (Lipinski definition) is 2. The van der Waals surface area contributed by atoms with Crippen LogP contribution in [0.3, 0.4) is 0 Å². The molecular weight excluding hydrogens is 378 g/mol. The van der Waals surface area contributed by atoms with Crippen molar-refractivity contribution >= 4 is 34.4 Å². The minimum absolute atomic E-state index is 0.00234. The van der Waals surface area contributed by atoms with Gasteiger partial charge in [0.05, 0.1) is 17.3 Å². The molecule has 1 aliphatic rings. The lowest BCUT2D eigenvalue weighted by Gasteiger charge is -2.19. The van der Waals surface area contributed by atoms with Gasteiger partial charge in [-0.15, -0.1) is 0 Å². The third kappa shape index (κ3) is 3.45. The second-order valence-corrected chi connectivity index (χ2v) is 7.54. The zero-order chi connectivity index (χ0) is 19.8. The van der Waals surface area contributed by atoms with E-state index in [4.69, 9.17) is 11.6 Å². The van der Waals surface area contributed by atoms with Gasteiger partial charge in [0.25, 0.3) is 5.91 Å².